The number of nitrogens with zero attached hydrogens (tertiary/aromatic N) is 1. The van der Waals surface area contributed by atoms with E-state index in [4.69, 9.17) is 12.2 Å². The second-order valence-electron chi connectivity index (χ2n) is 5.25. The highest BCUT2D eigenvalue weighted by Gasteiger charge is 2.30. The zero-order valence-electron chi connectivity index (χ0n) is 13.3. The van der Waals surface area contributed by atoms with Gasteiger partial charge in [-0.1, -0.05) is 12.1 Å². The normalized spacial score (nSPS) is 10.9. The molecule has 0 fully saturated rings. The topological polar surface area (TPSA) is 84.3 Å². The average molecular weight is 383 g/mol. The standard InChI is InChI=1S/C16H12F3N3O3S/c1-9-5-6-10(7-13(9)22(24)25)14(23)21-15(26)20-12-4-2-3-11(8-12)16(17,18)19/h2-8H,1H3,(H2,20,21,23,26). The summed E-state index contributed by atoms with van der Waals surface area (Å²) in [6, 6.07) is 8.18. The third kappa shape index (κ3) is 4.76. The van der Waals surface area contributed by atoms with Gasteiger partial charge in [-0.05, 0) is 43.4 Å². The summed E-state index contributed by atoms with van der Waals surface area (Å²) in [5.41, 5.74) is -0.674. The lowest BCUT2D eigenvalue weighted by Gasteiger charge is -2.12. The van der Waals surface area contributed by atoms with Crippen LogP contribution in [-0.4, -0.2) is 15.9 Å². The van der Waals surface area contributed by atoms with Crippen LogP contribution in [0.5, 0.6) is 0 Å². The lowest BCUT2D eigenvalue weighted by Crippen LogP contribution is -2.34. The van der Waals surface area contributed by atoms with Gasteiger partial charge in [-0.3, -0.25) is 20.2 Å². The summed E-state index contributed by atoms with van der Waals surface area (Å²) < 4.78 is 38.1. The van der Waals surface area contributed by atoms with Gasteiger partial charge in [0.05, 0.1) is 10.5 Å². The number of aryl methyl sites for hydroxylation is 1. The molecule has 0 atom stereocenters. The van der Waals surface area contributed by atoms with E-state index in [1.54, 1.807) is 0 Å². The van der Waals surface area contributed by atoms with E-state index in [0.717, 1.165) is 18.2 Å². The summed E-state index contributed by atoms with van der Waals surface area (Å²) >= 11 is 4.90. The summed E-state index contributed by atoms with van der Waals surface area (Å²) in [5, 5.41) is 15.4. The van der Waals surface area contributed by atoms with Crippen molar-refractivity contribution in [1.29, 1.82) is 0 Å². The van der Waals surface area contributed by atoms with Gasteiger partial charge in [-0.2, -0.15) is 13.2 Å². The van der Waals surface area contributed by atoms with Crippen LogP contribution in [0.3, 0.4) is 0 Å². The van der Waals surface area contributed by atoms with Crippen LogP contribution >= 0.6 is 12.2 Å². The second kappa shape index (κ2) is 7.48. The highest BCUT2D eigenvalue weighted by atomic mass is 32.1. The van der Waals surface area contributed by atoms with Crippen molar-refractivity contribution in [3.05, 3.63) is 69.3 Å². The summed E-state index contributed by atoms with van der Waals surface area (Å²) in [7, 11) is 0. The number of carbonyl (C=O) groups excluding carboxylic acids is 1. The first-order chi connectivity index (χ1) is 12.1. The average Bonchev–Trinajstić information content (AvgIpc) is 2.54. The van der Waals surface area contributed by atoms with Crippen LogP contribution in [0.4, 0.5) is 24.5 Å². The Morgan fingerprint density at radius 3 is 2.50 bits per heavy atom. The van der Waals surface area contributed by atoms with Crippen molar-refractivity contribution in [1.82, 2.24) is 5.32 Å². The molecule has 0 aliphatic rings. The Balaban J connectivity index is 2.10. The van der Waals surface area contributed by atoms with Crippen molar-refractivity contribution in [2.75, 3.05) is 5.32 Å². The number of anilines is 1. The largest absolute Gasteiger partial charge is 0.416 e. The zero-order valence-corrected chi connectivity index (χ0v) is 14.1. The van der Waals surface area contributed by atoms with E-state index in [-0.39, 0.29) is 22.1 Å². The molecule has 2 rings (SSSR count). The van der Waals surface area contributed by atoms with Gasteiger partial charge in [-0.25, -0.2) is 0 Å². The van der Waals surface area contributed by atoms with Gasteiger partial charge >= 0.3 is 6.18 Å². The predicted octanol–water partition coefficient (Wildman–Crippen LogP) is 4.05. The van der Waals surface area contributed by atoms with Gasteiger partial charge in [0.1, 0.15) is 0 Å². The number of thiocarbonyl (C=S) groups is 1. The number of amides is 1. The molecule has 136 valence electrons. The van der Waals surface area contributed by atoms with Crippen LogP contribution in [-0.2, 0) is 6.18 Å². The van der Waals surface area contributed by atoms with Gasteiger partial charge in [0.25, 0.3) is 11.6 Å². The molecule has 0 radical (unpaired) electrons. The highest BCUT2D eigenvalue weighted by molar-refractivity contribution is 7.80. The molecule has 0 saturated carbocycles. The lowest BCUT2D eigenvalue weighted by molar-refractivity contribution is -0.385. The zero-order chi connectivity index (χ0) is 19.5. The third-order valence-corrected chi connectivity index (χ3v) is 3.55. The fraction of sp³-hybridized carbons (Fsp3) is 0.125. The van der Waals surface area contributed by atoms with E-state index in [0.29, 0.717) is 5.56 Å². The molecule has 1 amide bonds. The number of carbonyl (C=O) groups is 1. The Labute approximate surface area is 151 Å². The van der Waals surface area contributed by atoms with E-state index in [1.807, 2.05) is 0 Å². The molecular formula is C16H12F3N3O3S. The fourth-order valence-electron chi connectivity index (χ4n) is 2.06. The monoisotopic (exact) mass is 383 g/mol. The smallest absolute Gasteiger partial charge is 0.332 e. The van der Waals surface area contributed by atoms with Crippen molar-refractivity contribution in [2.24, 2.45) is 0 Å². The molecule has 0 bridgehead atoms. The molecule has 0 unspecified atom stereocenters. The number of nitrogens with one attached hydrogen (secondary N) is 2. The first-order valence-corrected chi connectivity index (χ1v) is 7.53. The number of benzene rings is 2. The first-order valence-electron chi connectivity index (χ1n) is 7.12. The molecule has 2 aromatic rings. The second-order valence-corrected chi connectivity index (χ2v) is 5.65. The fourth-order valence-corrected chi connectivity index (χ4v) is 2.27. The van der Waals surface area contributed by atoms with Crippen LogP contribution in [0, 0.1) is 17.0 Å². The van der Waals surface area contributed by atoms with Gasteiger partial charge in [-0.15, -0.1) is 0 Å². The van der Waals surface area contributed by atoms with Crippen molar-refractivity contribution in [3.63, 3.8) is 0 Å². The molecule has 0 saturated heterocycles. The van der Waals surface area contributed by atoms with E-state index in [1.165, 1.54) is 31.2 Å². The third-order valence-electron chi connectivity index (χ3n) is 3.34. The molecule has 0 aliphatic carbocycles. The van der Waals surface area contributed by atoms with Crippen molar-refractivity contribution in [3.8, 4) is 0 Å². The predicted molar refractivity (Wildman–Crippen MR) is 93.0 cm³/mol. The van der Waals surface area contributed by atoms with Crippen molar-refractivity contribution in [2.45, 2.75) is 13.1 Å². The lowest BCUT2D eigenvalue weighted by atomic mass is 10.1. The number of halogens is 3. The minimum absolute atomic E-state index is 0.00417. The van der Waals surface area contributed by atoms with Crippen LogP contribution < -0.4 is 10.6 Å². The van der Waals surface area contributed by atoms with Crippen LogP contribution in [0.2, 0.25) is 0 Å². The van der Waals surface area contributed by atoms with Crippen molar-refractivity contribution >= 4 is 34.6 Å². The molecule has 26 heavy (non-hydrogen) atoms. The molecule has 10 heteroatoms. The molecule has 2 aromatic carbocycles. The first kappa shape index (κ1) is 19.3. The number of nitro benzene ring substituents is 1. The van der Waals surface area contributed by atoms with Crippen LogP contribution in [0.25, 0.3) is 0 Å². The minimum Gasteiger partial charge on any atom is -0.332 e. The summed E-state index contributed by atoms with van der Waals surface area (Å²) in [4.78, 5) is 22.4. The molecule has 6 nitrogen and oxygen atoms in total. The van der Waals surface area contributed by atoms with Crippen LogP contribution in [0.15, 0.2) is 42.5 Å². The number of hydrogen-bond donors (Lipinski definition) is 2. The van der Waals surface area contributed by atoms with E-state index < -0.39 is 22.6 Å². The van der Waals surface area contributed by atoms with Gasteiger partial charge in [0.15, 0.2) is 5.11 Å². The Kier molecular flexibility index (Phi) is 5.56. The quantitative estimate of drug-likeness (QED) is 0.475. The maximum Gasteiger partial charge on any atom is 0.416 e. The molecule has 0 spiro atoms. The Morgan fingerprint density at radius 1 is 1.19 bits per heavy atom. The highest BCUT2D eigenvalue weighted by Crippen LogP contribution is 2.30. The molecule has 0 aromatic heterocycles. The Morgan fingerprint density at radius 2 is 1.88 bits per heavy atom. The minimum atomic E-state index is -4.51. The Bertz CT molecular complexity index is 885. The summed E-state index contributed by atoms with van der Waals surface area (Å²) in [6.45, 7) is 1.53. The SMILES string of the molecule is Cc1ccc(C(=O)NC(=S)Nc2cccc(C(F)(F)F)c2)cc1[N+](=O)[O-]. The van der Waals surface area contributed by atoms with E-state index >= 15 is 0 Å². The maximum atomic E-state index is 12.7. The maximum absolute atomic E-state index is 12.7. The number of nitro groups is 1. The van der Waals surface area contributed by atoms with Gasteiger partial charge in [0, 0.05) is 22.9 Å². The summed E-state index contributed by atoms with van der Waals surface area (Å²) in [5.74, 6) is -0.724. The number of hydrogen-bond acceptors (Lipinski definition) is 4. The number of alkyl halides is 3. The number of rotatable bonds is 3. The van der Waals surface area contributed by atoms with E-state index in [2.05, 4.69) is 10.6 Å². The summed E-state index contributed by atoms with van der Waals surface area (Å²) in [6.07, 6.45) is -4.51. The van der Waals surface area contributed by atoms with Crippen molar-refractivity contribution < 1.29 is 22.9 Å². The van der Waals surface area contributed by atoms with Gasteiger partial charge in [0.2, 0.25) is 0 Å². The Hall–Kier alpha value is -3.01. The van der Waals surface area contributed by atoms with E-state index in [9.17, 15) is 28.1 Å². The van der Waals surface area contributed by atoms with Crippen LogP contribution in [0.1, 0.15) is 21.5 Å². The molecular weight excluding hydrogens is 371 g/mol. The molecule has 0 heterocycles. The molecule has 0 aliphatic heterocycles. The molecule has 2 N–H and O–H groups in total. The van der Waals surface area contributed by atoms with Gasteiger partial charge < -0.3 is 5.32 Å².